The summed E-state index contributed by atoms with van der Waals surface area (Å²) in [6.45, 7) is 1.46. The van der Waals surface area contributed by atoms with Crippen LogP contribution in [0.25, 0.3) is 0 Å². The van der Waals surface area contributed by atoms with E-state index < -0.39 is 124 Å². The van der Waals surface area contributed by atoms with E-state index in [9.17, 15) is 61.0 Å². The van der Waals surface area contributed by atoms with Crippen molar-refractivity contribution in [3.8, 4) is 0 Å². The van der Waals surface area contributed by atoms with E-state index in [4.69, 9.17) is 28.4 Å². The fourth-order valence-corrected chi connectivity index (χ4v) is 9.83. The van der Waals surface area contributed by atoms with Crippen LogP contribution >= 0.6 is 0 Å². The van der Waals surface area contributed by atoms with Crippen LogP contribution in [-0.2, 0) is 33.2 Å². The predicted molar refractivity (Wildman–Crippen MR) is 332 cm³/mol. The van der Waals surface area contributed by atoms with Crippen LogP contribution in [0.1, 0.15) is 162 Å². The Hall–Kier alpha value is -3.81. The first-order valence-corrected chi connectivity index (χ1v) is 31.8. The van der Waals surface area contributed by atoms with Crippen LogP contribution < -0.4 is 5.32 Å². The Morgan fingerprint density at radius 3 is 1.26 bits per heavy atom. The monoisotopic (exact) mass is 1220 g/mol. The van der Waals surface area contributed by atoms with Gasteiger partial charge in [-0.25, -0.2) is 0 Å². The van der Waals surface area contributed by atoms with Gasteiger partial charge in [-0.15, -0.1) is 0 Å². The van der Waals surface area contributed by atoms with Crippen LogP contribution in [-0.4, -0.2) is 193 Å². The van der Waals surface area contributed by atoms with E-state index in [1.807, 2.05) is 6.08 Å². The normalized spacial score (nSPS) is 29.6. The van der Waals surface area contributed by atoms with Crippen LogP contribution in [0.15, 0.2) is 122 Å². The average molecular weight is 1220 g/mol. The molecule has 3 aliphatic rings. The maximum Gasteiger partial charge on any atom is 0.220 e. The van der Waals surface area contributed by atoms with Gasteiger partial charge in [-0.05, 0) is 89.9 Å². The first-order valence-electron chi connectivity index (χ1n) is 31.8. The van der Waals surface area contributed by atoms with Gasteiger partial charge in [-0.2, -0.15) is 0 Å². The topological polar surface area (TPSA) is 307 Å². The summed E-state index contributed by atoms with van der Waals surface area (Å²) in [4.78, 5) is 13.2. The molecule has 3 saturated heterocycles. The number of aliphatic hydroxyl groups excluding tert-OH is 11. The molecule has 0 saturated carbocycles. The molecule has 19 nitrogen and oxygen atoms in total. The van der Waals surface area contributed by atoms with Crippen molar-refractivity contribution in [1.82, 2.24) is 5.32 Å². The summed E-state index contributed by atoms with van der Waals surface area (Å²) in [6.07, 6.45) is 38.2. The van der Waals surface area contributed by atoms with Crippen molar-refractivity contribution in [2.24, 2.45) is 0 Å². The molecule has 0 aliphatic carbocycles. The molecule has 3 aliphatic heterocycles. The third-order valence-electron chi connectivity index (χ3n) is 15.0. The highest BCUT2D eigenvalue weighted by molar-refractivity contribution is 5.76. The van der Waals surface area contributed by atoms with Crippen molar-refractivity contribution in [2.45, 2.75) is 266 Å². The average Bonchev–Trinajstić information content (AvgIpc) is 2.46. The number of hydrogen-bond acceptors (Lipinski definition) is 18. The Morgan fingerprint density at radius 1 is 0.430 bits per heavy atom. The molecule has 0 spiro atoms. The van der Waals surface area contributed by atoms with Crippen LogP contribution in [0.5, 0.6) is 0 Å². The van der Waals surface area contributed by atoms with Crippen molar-refractivity contribution in [1.29, 1.82) is 0 Å². The van der Waals surface area contributed by atoms with Crippen LogP contribution in [0, 0.1) is 0 Å². The number of ether oxygens (including phenoxy) is 6. The zero-order valence-corrected chi connectivity index (χ0v) is 51.2. The quantitative estimate of drug-likeness (QED) is 0.0219. The zero-order chi connectivity index (χ0) is 62.6. The highest BCUT2D eigenvalue weighted by Gasteiger charge is 2.53. The molecule has 490 valence electrons. The number of carbonyl (C=O) groups excluding carboxylic acids is 1. The number of hydrogen-bond donors (Lipinski definition) is 12. The number of carbonyl (C=O) groups is 1. The second-order valence-electron chi connectivity index (χ2n) is 22.1. The van der Waals surface area contributed by atoms with Crippen LogP contribution in [0.4, 0.5) is 0 Å². The number of unbranched alkanes of at least 4 members (excludes halogenated alkanes) is 11. The summed E-state index contributed by atoms with van der Waals surface area (Å²) in [5, 5.41) is 120. The lowest BCUT2D eigenvalue weighted by Gasteiger charge is -2.48. The molecule has 0 aromatic rings. The van der Waals surface area contributed by atoms with Gasteiger partial charge >= 0.3 is 0 Å². The molecule has 3 rings (SSSR count). The van der Waals surface area contributed by atoms with E-state index in [0.717, 1.165) is 135 Å². The molecule has 1 amide bonds. The van der Waals surface area contributed by atoms with Gasteiger partial charge in [0.2, 0.25) is 5.91 Å². The minimum atomic E-state index is -1.98. The summed E-state index contributed by atoms with van der Waals surface area (Å²) in [6, 6.07) is -0.984. The Balaban J connectivity index is 1.33. The van der Waals surface area contributed by atoms with Crippen LogP contribution in [0.2, 0.25) is 0 Å². The van der Waals surface area contributed by atoms with Crippen LogP contribution in [0.3, 0.4) is 0 Å². The lowest BCUT2D eigenvalue weighted by Crippen LogP contribution is -2.66. The van der Waals surface area contributed by atoms with E-state index in [1.54, 1.807) is 6.08 Å². The van der Waals surface area contributed by atoms with Crippen molar-refractivity contribution < 1.29 is 89.4 Å². The second kappa shape index (κ2) is 48.1. The first-order chi connectivity index (χ1) is 41.8. The van der Waals surface area contributed by atoms with E-state index in [-0.39, 0.29) is 18.9 Å². The van der Waals surface area contributed by atoms with E-state index in [0.29, 0.717) is 6.42 Å². The van der Waals surface area contributed by atoms with Gasteiger partial charge in [0.1, 0.15) is 73.2 Å². The predicted octanol–water partition coefficient (Wildman–Crippen LogP) is 6.87. The van der Waals surface area contributed by atoms with Gasteiger partial charge in [0, 0.05) is 6.42 Å². The maximum absolute atomic E-state index is 13.2. The van der Waals surface area contributed by atoms with Crippen molar-refractivity contribution in [3.63, 3.8) is 0 Å². The molecule has 3 heterocycles. The summed E-state index contributed by atoms with van der Waals surface area (Å²) in [5.41, 5.74) is 0. The molecule has 17 unspecified atom stereocenters. The molecular formula is C67H109NO18. The highest BCUT2D eigenvalue weighted by Crippen LogP contribution is 2.33. The van der Waals surface area contributed by atoms with Gasteiger partial charge in [-0.3, -0.25) is 4.79 Å². The van der Waals surface area contributed by atoms with Crippen molar-refractivity contribution in [2.75, 3.05) is 26.4 Å². The standard InChI is InChI=1S/C67H109NO18/c1-3-5-7-9-11-12-13-14-15-16-17-18-19-20-21-22-23-24-25-26-27-28-29-30-31-32-33-34-35-36-37-38-39-41-43-45-55(73)68-50(51(72)44-42-40-10-8-6-4-2)49-81-65-61(79)58(76)63(53(47-70)83-65)86-67-62(80)59(77)64(54(48-71)84-67)85-66-60(78)57(75)56(74)52(46-69)82-66/h5,7,11-12,14-15,17-18,20-21,23-24,26-27,29-30,32-33,42,44,50-54,56-67,69-72,74-80H,3-4,6,8-10,13,16,19,22,25,28,31,34-41,43,45-49H2,1-2H3,(H,68,73)/b7-5-,12-11-,15-14-,18-17-,21-20-,24-23-,27-26-,30-29-,33-32-,44-42+. The molecule has 0 bridgehead atoms. The smallest absolute Gasteiger partial charge is 0.220 e. The van der Waals surface area contributed by atoms with Gasteiger partial charge in [0.15, 0.2) is 18.9 Å². The van der Waals surface area contributed by atoms with E-state index >= 15 is 0 Å². The zero-order valence-electron chi connectivity index (χ0n) is 51.2. The molecule has 0 aromatic heterocycles. The molecule has 0 radical (unpaired) electrons. The largest absolute Gasteiger partial charge is 0.394 e. The summed E-state index contributed by atoms with van der Waals surface area (Å²) in [7, 11) is 0. The first kappa shape index (κ1) is 76.4. The summed E-state index contributed by atoms with van der Waals surface area (Å²) < 4.78 is 34.1. The molecule has 86 heavy (non-hydrogen) atoms. The Morgan fingerprint density at radius 2 is 0.802 bits per heavy atom. The highest BCUT2D eigenvalue weighted by atomic mass is 16.8. The molecule has 12 N–H and O–H groups in total. The SMILES string of the molecule is CC/C=C\C/C=C\C/C=C\C/C=C\C/C=C\C/C=C\C/C=C\C/C=C\C/C=C\CCCCCCCCCC(=O)NC(COC1OC(CO)C(OC2OC(CO)C(OC3OC(CO)C(O)C(O)C3O)C(O)C2O)C(O)C1O)C(O)/C=C/CCCCCC. The summed E-state index contributed by atoms with van der Waals surface area (Å²) in [5.74, 6) is -0.300. The number of aliphatic hydroxyl groups is 11. The maximum atomic E-state index is 13.2. The molecule has 19 heteroatoms. The molecule has 17 atom stereocenters. The number of nitrogens with one attached hydrogen (secondary N) is 1. The molecular weight excluding hydrogens is 1110 g/mol. The second-order valence-corrected chi connectivity index (χ2v) is 22.1. The lowest BCUT2D eigenvalue weighted by molar-refractivity contribution is -0.379. The molecule has 3 fully saturated rings. The van der Waals surface area contributed by atoms with E-state index in [2.05, 4.69) is 129 Å². The number of allylic oxidation sites excluding steroid dienone is 19. The number of amides is 1. The Bertz CT molecular complexity index is 2030. The van der Waals surface area contributed by atoms with Gasteiger partial charge in [0.25, 0.3) is 0 Å². The third-order valence-corrected chi connectivity index (χ3v) is 15.0. The fourth-order valence-electron chi connectivity index (χ4n) is 9.83. The summed E-state index contributed by atoms with van der Waals surface area (Å²) >= 11 is 0. The van der Waals surface area contributed by atoms with Gasteiger partial charge < -0.3 is 89.9 Å². The van der Waals surface area contributed by atoms with Gasteiger partial charge in [-0.1, -0.05) is 187 Å². The van der Waals surface area contributed by atoms with Gasteiger partial charge in [0.05, 0.1) is 38.6 Å². The minimum Gasteiger partial charge on any atom is -0.394 e. The number of rotatable bonds is 45. The third kappa shape index (κ3) is 30.6. The Kier molecular flexibility index (Phi) is 42.7. The Labute approximate surface area is 512 Å². The fraction of sp³-hybridized carbons (Fsp3) is 0.687. The minimum absolute atomic E-state index is 0.220. The lowest BCUT2D eigenvalue weighted by atomic mass is 9.96. The molecule has 0 aromatic carbocycles. The van der Waals surface area contributed by atoms with Crippen molar-refractivity contribution >= 4 is 5.91 Å². The van der Waals surface area contributed by atoms with Crippen molar-refractivity contribution in [3.05, 3.63) is 122 Å². The van der Waals surface area contributed by atoms with E-state index in [1.165, 1.54) is 0 Å².